The van der Waals surface area contributed by atoms with Crippen molar-refractivity contribution < 1.29 is 14.6 Å². The lowest BCUT2D eigenvalue weighted by atomic mass is 10.1. The Morgan fingerprint density at radius 2 is 2.00 bits per heavy atom. The van der Waals surface area contributed by atoms with E-state index in [1.807, 2.05) is 0 Å². The van der Waals surface area contributed by atoms with Crippen molar-refractivity contribution in [3.63, 3.8) is 0 Å². The van der Waals surface area contributed by atoms with Crippen LogP contribution in [0.1, 0.15) is 11.1 Å². The molecule has 3 nitrogen and oxygen atoms in total. The molecule has 0 saturated carbocycles. The van der Waals surface area contributed by atoms with Gasteiger partial charge in [-0.25, -0.2) is 4.79 Å². The third-order valence-corrected chi connectivity index (χ3v) is 2.06. The second-order valence-corrected chi connectivity index (χ2v) is 3.14. The molecule has 0 unspecified atom stereocenters. The third kappa shape index (κ3) is 2.36. The van der Waals surface area contributed by atoms with E-state index in [4.69, 9.17) is 16.7 Å². The maximum atomic E-state index is 10.3. The lowest BCUT2D eigenvalue weighted by Crippen LogP contribution is -2.04. The molecule has 4 heteroatoms. The average Bonchev–Trinajstić information content (AvgIpc) is 1.99. The van der Waals surface area contributed by atoms with Gasteiger partial charge in [0.2, 0.25) is 0 Å². The van der Waals surface area contributed by atoms with Crippen molar-refractivity contribution >= 4 is 17.8 Å². The van der Waals surface area contributed by atoms with Crippen molar-refractivity contribution in [3.05, 3.63) is 28.3 Å². The normalized spacial score (nSPS) is 9.77. The molecular weight excluding hydrogens is 192 g/mol. The van der Waals surface area contributed by atoms with Gasteiger partial charge in [0.15, 0.2) is 0 Å². The Hall–Kier alpha value is -1.22. The van der Waals surface area contributed by atoms with Crippen molar-refractivity contribution in [2.75, 3.05) is 0 Å². The molecule has 70 valence electrons. The van der Waals surface area contributed by atoms with Crippen LogP contribution in [-0.2, 0) is 0 Å². The van der Waals surface area contributed by atoms with Gasteiger partial charge in [0.25, 0.3) is 0 Å². The fraction of sp³-hybridized carbons (Fsp3) is 0.222. The molecule has 1 aromatic rings. The molecule has 0 aliphatic rings. The number of halogens is 1. The van der Waals surface area contributed by atoms with Gasteiger partial charge in [0.1, 0.15) is 5.75 Å². The van der Waals surface area contributed by atoms with Gasteiger partial charge < -0.3 is 9.84 Å². The zero-order valence-corrected chi connectivity index (χ0v) is 8.05. The van der Waals surface area contributed by atoms with Crippen LogP contribution in [0.15, 0.2) is 12.1 Å². The molecule has 0 atom stereocenters. The molecule has 0 spiro atoms. The molecular formula is C9H9ClO3. The molecule has 0 fully saturated rings. The molecule has 0 heterocycles. The van der Waals surface area contributed by atoms with Gasteiger partial charge in [-0.05, 0) is 37.1 Å². The summed E-state index contributed by atoms with van der Waals surface area (Å²) < 4.78 is 4.54. The Bertz CT molecular complexity index is 347. The Labute approximate surface area is 80.9 Å². The first-order chi connectivity index (χ1) is 6.00. The van der Waals surface area contributed by atoms with Crippen LogP contribution in [0.3, 0.4) is 0 Å². The summed E-state index contributed by atoms with van der Waals surface area (Å²) in [5.41, 5.74) is 1.50. The summed E-state index contributed by atoms with van der Waals surface area (Å²) in [7, 11) is 0. The van der Waals surface area contributed by atoms with E-state index in [1.54, 1.807) is 26.0 Å². The van der Waals surface area contributed by atoms with Gasteiger partial charge in [-0.15, -0.1) is 0 Å². The van der Waals surface area contributed by atoms with Crippen molar-refractivity contribution in [2.24, 2.45) is 0 Å². The number of carboxylic acid groups (broad SMARTS) is 1. The first kappa shape index (κ1) is 9.86. The Kier molecular flexibility index (Phi) is 2.78. The van der Waals surface area contributed by atoms with E-state index in [2.05, 4.69) is 4.74 Å². The number of hydrogen-bond donors (Lipinski definition) is 1. The van der Waals surface area contributed by atoms with E-state index in [9.17, 15) is 4.79 Å². The van der Waals surface area contributed by atoms with Gasteiger partial charge >= 0.3 is 6.16 Å². The van der Waals surface area contributed by atoms with Crippen molar-refractivity contribution in [3.8, 4) is 5.75 Å². The molecule has 0 saturated heterocycles. The van der Waals surface area contributed by atoms with Crippen molar-refractivity contribution in [1.29, 1.82) is 0 Å². The Morgan fingerprint density at radius 3 is 2.54 bits per heavy atom. The van der Waals surface area contributed by atoms with Crippen LogP contribution in [0.5, 0.6) is 5.75 Å². The highest BCUT2D eigenvalue weighted by Gasteiger charge is 2.07. The van der Waals surface area contributed by atoms with Crippen LogP contribution in [0.2, 0.25) is 5.02 Å². The van der Waals surface area contributed by atoms with Gasteiger partial charge in [-0.2, -0.15) is 0 Å². The highest BCUT2D eigenvalue weighted by atomic mass is 35.5. The zero-order chi connectivity index (χ0) is 10.0. The number of ether oxygens (including phenoxy) is 1. The van der Waals surface area contributed by atoms with Crippen molar-refractivity contribution in [2.45, 2.75) is 13.8 Å². The summed E-state index contributed by atoms with van der Waals surface area (Å²) in [5.74, 6) is 0.328. The number of hydrogen-bond acceptors (Lipinski definition) is 2. The number of rotatable bonds is 1. The zero-order valence-electron chi connectivity index (χ0n) is 7.30. The molecule has 0 aromatic heterocycles. The maximum Gasteiger partial charge on any atom is 0.511 e. The quantitative estimate of drug-likeness (QED) is 0.560. The minimum atomic E-state index is -1.31. The number of benzene rings is 1. The lowest BCUT2D eigenvalue weighted by molar-refractivity contribution is 0.144. The first-order valence-corrected chi connectivity index (χ1v) is 4.06. The number of aryl methyl sites for hydroxylation is 2. The molecule has 1 aromatic carbocycles. The van der Waals surface area contributed by atoms with Gasteiger partial charge in [-0.1, -0.05) is 11.6 Å². The highest BCUT2D eigenvalue weighted by Crippen LogP contribution is 2.25. The SMILES string of the molecule is Cc1cc(OC(=O)O)c(C)cc1Cl. The minimum Gasteiger partial charge on any atom is -0.449 e. The summed E-state index contributed by atoms with van der Waals surface area (Å²) in [6.45, 7) is 3.53. The van der Waals surface area contributed by atoms with E-state index in [0.29, 0.717) is 16.3 Å². The van der Waals surface area contributed by atoms with Crippen LogP contribution < -0.4 is 4.74 Å². The second-order valence-electron chi connectivity index (χ2n) is 2.73. The number of carbonyl (C=O) groups is 1. The molecule has 0 amide bonds. The standard InChI is InChI=1S/C9H9ClO3/c1-5-4-8(13-9(11)12)6(2)3-7(5)10/h3-4H,1-2H3,(H,11,12). The van der Waals surface area contributed by atoms with Crippen LogP contribution in [-0.4, -0.2) is 11.3 Å². The second kappa shape index (κ2) is 3.66. The molecule has 1 rings (SSSR count). The molecule has 0 aliphatic heterocycles. The fourth-order valence-electron chi connectivity index (χ4n) is 0.958. The van der Waals surface area contributed by atoms with E-state index in [1.165, 1.54) is 0 Å². The van der Waals surface area contributed by atoms with E-state index in [0.717, 1.165) is 5.56 Å². The topological polar surface area (TPSA) is 46.5 Å². The fourth-order valence-corrected chi connectivity index (χ4v) is 1.18. The molecule has 0 bridgehead atoms. The summed E-state index contributed by atoms with van der Waals surface area (Å²) in [5, 5.41) is 9.00. The van der Waals surface area contributed by atoms with Gasteiger partial charge in [-0.3, -0.25) is 0 Å². The van der Waals surface area contributed by atoms with Gasteiger partial charge in [0, 0.05) is 5.02 Å². The lowest BCUT2D eigenvalue weighted by Gasteiger charge is -2.06. The van der Waals surface area contributed by atoms with E-state index < -0.39 is 6.16 Å². The largest absolute Gasteiger partial charge is 0.511 e. The Balaban J connectivity index is 3.08. The highest BCUT2D eigenvalue weighted by molar-refractivity contribution is 6.31. The summed E-state index contributed by atoms with van der Waals surface area (Å²) in [6, 6.07) is 3.28. The smallest absolute Gasteiger partial charge is 0.449 e. The average molecular weight is 201 g/mol. The third-order valence-electron chi connectivity index (χ3n) is 1.65. The van der Waals surface area contributed by atoms with E-state index in [-0.39, 0.29) is 0 Å². The molecule has 1 N–H and O–H groups in total. The first-order valence-electron chi connectivity index (χ1n) is 3.68. The Morgan fingerprint density at radius 1 is 1.38 bits per heavy atom. The van der Waals surface area contributed by atoms with Gasteiger partial charge in [0.05, 0.1) is 0 Å². The maximum absolute atomic E-state index is 10.3. The van der Waals surface area contributed by atoms with Crippen LogP contribution in [0, 0.1) is 13.8 Å². The van der Waals surface area contributed by atoms with Crippen LogP contribution in [0.25, 0.3) is 0 Å². The molecule has 0 radical (unpaired) electrons. The monoisotopic (exact) mass is 200 g/mol. The van der Waals surface area contributed by atoms with Crippen LogP contribution in [0.4, 0.5) is 4.79 Å². The minimum absolute atomic E-state index is 0.328. The summed E-state index contributed by atoms with van der Waals surface area (Å²) >= 11 is 5.82. The summed E-state index contributed by atoms with van der Waals surface area (Å²) in [6.07, 6.45) is -1.31. The van der Waals surface area contributed by atoms with E-state index >= 15 is 0 Å². The predicted molar refractivity (Wildman–Crippen MR) is 49.6 cm³/mol. The van der Waals surface area contributed by atoms with Crippen molar-refractivity contribution in [1.82, 2.24) is 0 Å². The van der Waals surface area contributed by atoms with Crippen LogP contribution >= 0.6 is 11.6 Å². The molecule has 0 aliphatic carbocycles. The summed E-state index contributed by atoms with van der Waals surface area (Å²) in [4.78, 5) is 10.3. The molecule has 13 heavy (non-hydrogen) atoms. The predicted octanol–water partition coefficient (Wildman–Crippen LogP) is 3.01.